The third kappa shape index (κ3) is 3.28. The van der Waals surface area contributed by atoms with Crippen LogP contribution in [0.1, 0.15) is 16.7 Å². The van der Waals surface area contributed by atoms with Crippen LogP contribution in [0.15, 0.2) is 42.5 Å². The Morgan fingerprint density at radius 1 is 1.05 bits per heavy atom. The van der Waals surface area contributed by atoms with Crippen molar-refractivity contribution in [3.8, 4) is 0 Å². The molecule has 0 fully saturated rings. The van der Waals surface area contributed by atoms with Crippen LogP contribution in [-0.4, -0.2) is 13.6 Å². The zero-order chi connectivity index (χ0) is 13.8. The molecule has 0 aliphatic rings. The van der Waals surface area contributed by atoms with Crippen LogP contribution in [0.5, 0.6) is 0 Å². The highest BCUT2D eigenvalue weighted by atomic mass is 15.1. The van der Waals surface area contributed by atoms with Gasteiger partial charge in [-0.25, -0.2) is 0 Å². The topological polar surface area (TPSA) is 29.3 Å². The zero-order valence-corrected chi connectivity index (χ0v) is 12.0. The maximum absolute atomic E-state index is 5.98. The third-order valence-electron chi connectivity index (χ3n) is 3.54. The van der Waals surface area contributed by atoms with Crippen LogP contribution in [0.3, 0.4) is 0 Å². The van der Waals surface area contributed by atoms with E-state index in [9.17, 15) is 0 Å². The molecule has 2 aromatic rings. The summed E-state index contributed by atoms with van der Waals surface area (Å²) in [6.45, 7) is 5.26. The normalized spacial score (nSPS) is 10.5. The number of hydrogen-bond donors (Lipinski definition) is 1. The average molecular weight is 254 g/mol. The first-order valence-electron chi connectivity index (χ1n) is 6.69. The number of para-hydroxylation sites is 1. The summed E-state index contributed by atoms with van der Waals surface area (Å²) in [5.74, 6) is 0. The largest absolute Gasteiger partial charge is 0.399 e. The Bertz CT molecular complexity index is 561. The molecule has 0 saturated carbocycles. The van der Waals surface area contributed by atoms with Crippen molar-refractivity contribution in [3.05, 3.63) is 59.2 Å². The summed E-state index contributed by atoms with van der Waals surface area (Å²) in [5.41, 5.74) is 12.0. The van der Waals surface area contributed by atoms with E-state index >= 15 is 0 Å². The lowest BCUT2D eigenvalue weighted by Crippen LogP contribution is -2.21. The third-order valence-corrected chi connectivity index (χ3v) is 3.54. The van der Waals surface area contributed by atoms with Crippen LogP contribution in [0.25, 0.3) is 0 Å². The first-order valence-corrected chi connectivity index (χ1v) is 6.69. The highest BCUT2D eigenvalue weighted by Crippen LogP contribution is 2.20. The van der Waals surface area contributed by atoms with Crippen molar-refractivity contribution >= 4 is 11.4 Å². The lowest BCUT2D eigenvalue weighted by Gasteiger charge is -2.22. The van der Waals surface area contributed by atoms with Crippen LogP contribution in [0, 0.1) is 13.8 Å². The molecule has 0 aromatic heterocycles. The van der Waals surface area contributed by atoms with Gasteiger partial charge in [0.15, 0.2) is 0 Å². The lowest BCUT2D eigenvalue weighted by atomic mass is 10.1. The molecule has 0 amide bonds. The van der Waals surface area contributed by atoms with E-state index in [0.717, 1.165) is 18.7 Å². The van der Waals surface area contributed by atoms with E-state index in [4.69, 9.17) is 5.73 Å². The predicted molar refractivity (Wildman–Crippen MR) is 83.7 cm³/mol. The van der Waals surface area contributed by atoms with Gasteiger partial charge >= 0.3 is 0 Å². The Kier molecular flexibility index (Phi) is 4.10. The molecule has 2 N–H and O–H groups in total. The number of nitrogens with two attached hydrogens (primary N) is 1. The van der Waals surface area contributed by atoms with Crippen LogP contribution < -0.4 is 10.6 Å². The van der Waals surface area contributed by atoms with Crippen molar-refractivity contribution < 1.29 is 0 Å². The second-order valence-electron chi connectivity index (χ2n) is 5.16. The van der Waals surface area contributed by atoms with Crippen molar-refractivity contribution in [2.24, 2.45) is 0 Å². The van der Waals surface area contributed by atoms with Crippen LogP contribution in [0.4, 0.5) is 11.4 Å². The fourth-order valence-corrected chi connectivity index (χ4v) is 2.40. The predicted octanol–water partition coefficient (Wildman–Crippen LogP) is 3.56. The number of nitrogens with zero attached hydrogens (tertiary/aromatic N) is 1. The number of anilines is 2. The van der Waals surface area contributed by atoms with Gasteiger partial charge in [-0.05, 0) is 43.5 Å². The van der Waals surface area contributed by atoms with E-state index in [0.29, 0.717) is 0 Å². The quantitative estimate of drug-likeness (QED) is 0.845. The second-order valence-corrected chi connectivity index (χ2v) is 5.16. The van der Waals surface area contributed by atoms with Crippen molar-refractivity contribution in [1.82, 2.24) is 0 Å². The van der Waals surface area contributed by atoms with Gasteiger partial charge < -0.3 is 10.6 Å². The molecule has 0 saturated heterocycles. The van der Waals surface area contributed by atoms with Gasteiger partial charge in [0.25, 0.3) is 0 Å². The fourth-order valence-electron chi connectivity index (χ4n) is 2.40. The maximum Gasteiger partial charge on any atom is 0.0393 e. The first kappa shape index (κ1) is 13.5. The van der Waals surface area contributed by atoms with Crippen LogP contribution in [-0.2, 0) is 6.42 Å². The monoisotopic (exact) mass is 254 g/mol. The Labute approximate surface area is 115 Å². The summed E-state index contributed by atoms with van der Waals surface area (Å²) in [6, 6.07) is 14.7. The van der Waals surface area contributed by atoms with Crippen molar-refractivity contribution in [2.75, 3.05) is 24.2 Å². The molecule has 2 heteroatoms. The number of likely N-dealkylation sites (N-methyl/N-ethyl adjacent to an activating group) is 1. The molecular weight excluding hydrogens is 232 g/mol. The summed E-state index contributed by atoms with van der Waals surface area (Å²) in [6.07, 6.45) is 0.969. The summed E-state index contributed by atoms with van der Waals surface area (Å²) in [4.78, 5) is 2.29. The zero-order valence-electron chi connectivity index (χ0n) is 12.0. The molecule has 0 unspecified atom stereocenters. The highest BCUT2D eigenvalue weighted by Gasteiger charge is 2.06. The molecule has 0 bridgehead atoms. The lowest BCUT2D eigenvalue weighted by molar-refractivity contribution is 0.874. The number of benzene rings is 2. The highest BCUT2D eigenvalue weighted by molar-refractivity contribution is 5.54. The molecular formula is C17H22N2. The van der Waals surface area contributed by atoms with Gasteiger partial charge in [0.1, 0.15) is 0 Å². The summed E-state index contributed by atoms with van der Waals surface area (Å²) < 4.78 is 0. The molecule has 0 atom stereocenters. The van der Waals surface area contributed by atoms with Crippen LogP contribution >= 0.6 is 0 Å². The van der Waals surface area contributed by atoms with Gasteiger partial charge in [-0.2, -0.15) is 0 Å². The Balaban J connectivity index is 2.05. The minimum absolute atomic E-state index is 0.886. The molecule has 0 aliphatic carbocycles. The summed E-state index contributed by atoms with van der Waals surface area (Å²) in [7, 11) is 2.14. The number of nitrogen functional groups attached to an aromatic ring is 1. The molecule has 19 heavy (non-hydrogen) atoms. The molecule has 2 aromatic carbocycles. The average Bonchev–Trinajstić information content (AvgIpc) is 2.37. The van der Waals surface area contributed by atoms with Gasteiger partial charge in [0.2, 0.25) is 0 Å². The van der Waals surface area contributed by atoms with Gasteiger partial charge in [-0.3, -0.25) is 0 Å². The second kappa shape index (κ2) is 5.79. The summed E-state index contributed by atoms with van der Waals surface area (Å²) >= 11 is 0. The van der Waals surface area contributed by atoms with Crippen molar-refractivity contribution in [2.45, 2.75) is 20.3 Å². The molecule has 0 aliphatic heterocycles. The van der Waals surface area contributed by atoms with E-state index in [-0.39, 0.29) is 0 Å². The Morgan fingerprint density at radius 3 is 2.47 bits per heavy atom. The molecule has 2 rings (SSSR count). The van der Waals surface area contributed by atoms with Crippen molar-refractivity contribution in [1.29, 1.82) is 0 Å². The van der Waals surface area contributed by atoms with Gasteiger partial charge in [0.05, 0.1) is 0 Å². The van der Waals surface area contributed by atoms with Gasteiger partial charge in [0, 0.05) is 25.0 Å². The molecule has 0 spiro atoms. The van der Waals surface area contributed by atoms with E-state index < -0.39 is 0 Å². The minimum atomic E-state index is 0.886. The molecule has 0 radical (unpaired) electrons. The van der Waals surface area contributed by atoms with E-state index in [1.165, 1.54) is 22.4 Å². The number of aryl methyl sites for hydroxylation is 2. The van der Waals surface area contributed by atoms with Crippen LogP contribution in [0.2, 0.25) is 0 Å². The van der Waals surface area contributed by atoms with E-state index in [1.807, 2.05) is 18.2 Å². The van der Waals surface area contributed by atoms with E-state index in [1.54, 1.807) is 0 Å². The Hall–Kier alpha value is -1.96. The number of hydrogen-bond acceptors (Lipinski definition) is 2. The standard InChI is InChI=1S/C17H22N2/c1-13-8-9-17(14(2)12-13)19(3)11-10-15-6-4-5-7-16(15)18/h4-9,12H,10-11,18H2,1-3H3. The maximum atomic E-state index is 5.98. The van der Waals surface area contributed by atoms with E-state index in [2.05, 4.69) is 50.1 Å². The molecule has 100 valence electrons. The fraction of sp³-hybridized carbons (Fsp3) is 0.294. The SMILES string of the molecule is Cc1ccc(N(C)CCc2ccccc2N)c(C)c1. The van der Waals surface area contributed by atoms with Gasteiger partial charge in [-0.1, -0.05) is 35.9 Å². The smallest absolute Gasteiger partial charge is 0.0393 e. The molecule has 2 nitrogen and oxygen atoms in total. The first-order chi connectivity index (χ1) is 9.08. The summed E-state index contributed by atoms with van der Waals surface area (Å²) in [5, 5.41) is 0. The van der Waals surface area contributed by atoms with Gasteiger partial charge in [-0.15, -0.1) is 0 Å². The number of rotatable bonds is 4. The molecule has 0 heterocycles. The van der Waals surface area contributed by atoms with Crippen molar-refractivity contribution in [3.63, 3.8) is 0 Å². The Morgan fingerprint density at radius 2 is 1.79 bits per heavy atom. The minimum Gasteiger partial charge on any atom is -0.399 e.